The molecular formula is C6H27FLiO21PS6. The Hall–Kier alpha value is 0.137. The summed E-state index contributed by atoms with van der Waals surface area (Å²) in [6, 6.07) is 0. The van der Waals surface area contributed by atoms with E-state index in [1.165, 1.54) is 0 Å². The van der Waals surface area contributed by atoms with Gasteiger partial charge in [-0.25, -0.2) is 4.57 Å². The van der Waals surface area contributed by atoms with E-state index in [-0.39, 0.29) is 18.9 Å². The second-order valence-corrected chi connectivity index (χ2v) is 14.6. The molecule has 0 aliphatic heterocycles. The number of rotatable bonds is 0. The van der Waals surface area contributed by atoms with Gasteiger partial charge in [0.1, 0.15) is 0 Å². The summed E-state index contributed by atoms with van der Waals surface area (Å²) in [5.41, 5.74) is 0. The van der Waals surface area contributed by atoms with Gasteiger partial charge in [-0.2, -0.15) is 50.5 Å². The van der Waals surface area contributed by atoms with Crippen molar-refractivity contribution in [3.8, 4) is 0 Å². The van der Waals surface area contributed by atoms with Crippen LogP contribution in [-0.2, 0) is 65.3 Å². The van der Waals surface area contributed by atoms with Crippen LogP contribution in [0.15, 0.2) is 0 Å². The molecule has 0 saturated carbocycles. The first-order chi connectivity index (χ1) is 14.0. The Balaban J connectivity index is -0.0000000422. The molecule has 0 aliphatic carbocycles. The fraction of sp³-hybridized carbons (Fsp3) is 1.00. The van der Waals surface area contributed by atoms with Crippen molar-refractivity contribution in [3.05, 3.63) is 0 Å². The molecule has 0 rings (SSSR count). The fourth-order valence-electron chi connectivity index (χ4n) is 0. The summed E-state index contributed by atoms with van der Waals surface area (Å²) in [5, 5.41) is 0. The van der Waals surface area contributed by atoms with E-state index in [2.05, 4.69) is 0 Å². The molecule has 21 nitrogen and oxygen atoms in total. The predicted octanol–water partition coefficient (Wildman–Crippen LogP) is -3.58. The van der Waals surface area contributed by atoms with Gasteiger partial charge in [0.05, 0.1) is 37.5 Å². The molecule has 0 radical (unpaired) electrons. The van der Waals surface area contributed by atoms with E-state index in [4.69, 9.17) is 41.7 Å². The Morgan fingerprint density at radius 3 is 0.417 bits per heavy atom. The standard InChI is InChI=1S/6CH4O3S.FH2O3P.Li.H/c7*1-5(2,3)4;;/h6*1H3,(H,2,3,4);(H2,2,3,4);;. The van der Waals surface area contributed by atoms with E-state index in [1.54, 1.807) is 0 Å². The molecule has 30 heteroatoms. The van der Waals surface area contributed by atoms with Crippen LogP contribution >= 0.6 is 7.91 Å². The molecular weight excluding hydrogens is 657 g/mol. The summed E-state index contributed by atoms with van der Waals surface area (Å²) in [6.07, 6.45) is 4.29. The average Bonchev–Trinajstić information content (AvgIpc) is 2.06. The summed E-state index contributed by atoms with van der Waals surface area (Å²) < 4.78 is 174. The molecule has 8 N–H and O–H groups in total. The summed E-state index contributed by atoms with van der Waals surface area (Å²) in [6.45, 7) is 0. The van der Waals surface area contributed by atoms with Crippen molar-refractivity contribution >= 4 is 87.5 Å². The van der Waals surface area contributed by atoms with E-state index in [9.17, 15) is 54.7 Å². The molecule has 226 valence electrons. The molecule has 0 aromatic heterocycles. The molecule has 0 aliphatic rings. The summed E-state index contributed by atoms with van der Waals surface area (Å²) >= 11 is 0. The topological polar surface area (TPSA) is 384 Å². The van der Waals surface area contributed by atoms with Crippen LogP contribution in [-0.4, -0.2) is 144 Å². The average molecular weight is 685 g/mol. The van der Waals surface area contributed by atoms with Crippen molar-refractivity contribution in [3.63, 3.8) is 0 Å². The predicted molar refractivity (Wildman–Crippen MR) is 125 cm³/mol. The summed E-state index contributed by atoms with van der Waals surface area (Å²) in [7, 11) is -27.1. The van der Waals surface area contributed by atoms with Crippen molar-refractivity contribution in [2.75, 3.05) is 37.5 Å². The first-order valence-electron chi connectivity index (χ1n) is 6.30. The molecule has 0 aromatic carbocycles. The van der Waals surface area contributed by atoms with Gasteiger partial charge in [0.15, 0.2) is 0 Å². The van der Waals surface area contributed by atoms with Crippen LogP contribution in [0.3, 0.4) is 0 Å². The van der Waals surface area contributed by atoms with Crippen molar-refractivity contribution in [2.45, 2.75) is 0 Å². The monoisotopic (exact) mass is 684 g/mol. The number of halogens is 1. The van der Waals surface area contributed by atoms with Crippen molar-refractivity contribution in [1.82, 2.24) is 0 Å². The Morgan fingerprint density at radius 2 is 0.417 bits per heavy atom. The second-order valence-electron chi connectivity index (χ2n) is 4.87. The molecule has 0 spiro atoms. The second kappa shape index (κ2) is 23.1. The Bertz CT molecular complexity index is 935. The molecule has 0 saturated heterocycles. The van der Waals surface area contributed by atoms with Gasteiger partial charge >= 0.3 is 26.8 Å². The van der Waals surface area contributed by atoms with Gasteiger partial charge in [0.25, 0.3) is 60.7 Å². The third kappa shape index (κ3) is 1990000. The minimum absolute atomic E-state index is 0. The zero-order valence-electron chi connectivity index (χ0n) is 18.2. The molecule has 0 bridgehead atoms. The van der Waals surface area contributed by atoms with E-state index in [0.717, 1.165) is 0 Å². The molecule has 0 aromatic rings. The third-order valence-corrected chi connectivity index (χ3v) is 0. The Kier molecular flexibility index (Phi) is 36.1. The normalized spacial score (nSPS) is 11.3. The molecule has 36 heavy (non-hydrogen) atoms. The quantitative estimate of drug-likeness (QED) is 0.0694. The van der Waals surface area contributed by atoms with Gasteiger partial charge in [-0.1, -0.05) is 0 Å². The minimum atomic E-state index is -5.14. The number of hydrogen-bond donors (Lipinski definition) is 8. The number of hydrogen-bond acceptors (Lipinski definition) is 13. The van der Waals surface area contributed by atoms with Crippen molar-refractivity contribution in [2.24, 2.45) is 0 Å². The van der Waals surface area contributed by atoms with Gasteiger partial charge < -0.3 is 0 Å². The van der Waals surface area contributed by atoms with Crippen LogP contribution in [0.25, 0.3) is 0 Å². The van der Waals surface area contributed by atoms with Crippen LogP contribution in [0.4, 0.5) is 4.20 Å². The zero-order valence-corrected chi connectivity index (χ0v) is 24.0. The first-order valence-corrected chi connectivity index (χ1v) is 18.9. The van der Waals surface area contributed by atoms with E-state index in [1.807, 2.05) is 0 Å². The van der Waals surface area contributed by atoms with Crippen LogP contribution in [0, 0.1) is 0 Å². The van der Waals surface area contributed by atoms with Gasteiger partial charge in [0.2, 0.25) is 0 Å². The SMILES string of the molecule is CS(=O)(=O)O.CS(=O)(=O)O.CS(=O)(=O)O.CS(=O)(=O)O.CS(=O)(=O)O.CS(=O)(=O)O.O=P(O)(O)F.[LiH]. The summed E-state index contributed by atoms with van der Waals surface area (Å²) in [4.78, 5) is 13.9. The van der Waals surface area contributed by atoms with E-state index < -0.39 is 68.6 Å². The fourth-order valence-corrected chi connectivity index (χ4v) is 0. The van der Waals surface area contributed by atoms with Gasteiger partial charge in [-0.3, -0.25) is 37.1 Å². The van der Waals surface area contributed by atoms with E-state index in [0.29, 0.717) is 37.5 Å². The van der Waals surface area contributed by atoms with Crippen LogP contribution in [0.1, 0.15) is 0 Å². The molecule has 0 amide bonds. The first kappa shape index (κ1) is 56.4. The molecule has 0 atom stereocenters. The van der Waals surface area contributed by atoms with Crippen molar-refractivity contribution < 1.29 is 96.4 Å². The van der Waals surface area contributed by atoms with E-state index >= 15 is 0 Å². The van der Waals surface area contributed by atoms with Gasteiger partial charge in [-0.15, -0.1) is 4.20 Å². The zero-order chi connectivity index (χ0) is 31.5. The third-order valence-electron chi connectivity index (χ3n) is 0. The van der Waals surface area contributed by atoms with Gasteiger partial charge in [-0.05, 0) is 0 Å². The van der Waals surface area contributed by atoms with Crippen LogP contribution in [0.2, 0.25) is 0 Å². The molecule has 0 fully saturated rings. The van der Waals surface area contributed by atoms with Crippen LogP contribution in [0.5, 0.6) is 0 Å². The summed E-state index contributed by atoms with van der Waals surface area (Å²) in [5.74, 6) is 0. The van der Waals surface area contributed by atoms with Crippen molar-refractivity contribution in [1.29, 1.82) is 0 Å². The Morgan fingerprint density at radius 1 is 0.417 bits per heavy atom. The van der Waals surface area contributed by atoms with Gasteiger partial charge in [0, 0.05) is 0 Å². The maximum absolute atomic E-state index is 10.4. The maximum atomic E-state index is 10.4. The Labute approximate surface area is 220 Å². The molecule has 0 heterocycles. The molecule has 0 unspecified atom stereocenters. The van der Waals surface area contributed by atoms with Crippen LogP contribution < -0.4 is 0 Å².